The molecule has 3 saturated heterocycles. The third-order valence-corrected chi connectivity index (χ3v) is 15.8. The van der Waals surface area contributed by atoms with Gasteiger partial charge >= 0.3 is 19.5 Å². The minimum atomic E-state index is -4.47. The van der Waals surface area contributed by atoms with Gasteiger partial charge in [-0.05, 0) is 66.6 Å². The molecule has 2 N–H and O–H groups in total. The van der Waals surface area contributed by atoms with Gasteiger partial charge in [0.05, 0.1) is 39.2 Å². The Morgan fingerprint density at radius 3 is 2.14 bits per heavy atom. The predicted octanol–water partition coefficient (Wildman–Crippen LogP) is 5.87. The fourth-order valence-electron chi connectivity index (χ4n) is 8.71. The largest absolute Gasteiger partial charge is 0.497 e. The van der Waals surface area contributed by atoms with Crippen LogP contribution in [0.5, 0.6) is 11.5 Å². The summed E-state index contributed by atoms with van der Waals surface area (Å²) in [5, 5.41) is 13.6. The lowest BCUT2D eigenvalue weighted by atomic mass is 9.80. The summed E-state index contributed by atoms with van der Waals surface area (Å²) in [5.74, 6) is 0.667. The van der Waals surface area contributed by atoms with Gasteiger partial charge in [-0.1, -0.05) is 76.2 Å². The first-order valence-electron chi connectivity index (χ1n) is 20.2. The summed E-state index contributed by atoms with van der Waals surface area (Å²) in [7, 11) is 2.37. The number of imide groups is 1. The molecule has 17 nitrogen and oxygen atoms in total. The molecular formula is C43H49N4O13PS2. The Hall–Kier alpha value is -4.27. The first-order valence-corrected chi connectivity index (χ1v) is 24.2. The minimum Gasteiger partial charge on any atom is -0.497 e. The number of amides is 3. The summed E-state index contributed by atoms with van der Waals surface area (Å²) in [4.78, 5) is 48.0. The molecule has 3 fully saturated rings. The van der Waals surface area contributed by atoms with E-state index in [-0.39, 0.29) is 25.1 Å². The van der Waals surface area contributed by atoms with Crippen LogP contribution in [0.1, 0.15) is 60.0 Å². The SMILES string of the molecule is COc1ccc(C(OC[C@H]2O[C@@H]3C[C@@H]2OP(=O)(OC)OC[C@H]2O[C@H](C[C@@H]2O)n2cc(C)c(nc2=O)[C@@H]2N3C(=O)NC(=O)[C@]2(C)SSC)(c2ccccc2)c2ccc(OC)cc2)cc1. The number of hydrogen-bond acceptors (Lipinski definition) is 16. The van der Waals surface area contributed by atoms with Gasteiger partial charge in [0.25, 0.3) is 0 Å². The molecule has 5 aliphatic rings. The van der Waals surface area contributed by atoms with E-state index in [9.17, 15) is 24.1 Å². The number of phosphoric ester groups is 1. The molecule has 9 atom stereocenters. The Bertz CT molecular complexity index is 2370. The number of aliphatic hydroxyl groups excluding tert-OH is 1. The number of aryl methyl sites for hydroxylation is 1. The Morgan fingerprint density at radius 1 is 0.905 bits per heavy atom. The number of aliphatic hydroxyl groups is 1. The van der Waals surface area contributed by atoms with Gasteiger partial charge in [0.2, 0.25) is 5.91 Å². The number of nitrogens with zero attached hydrogens (tertiary/aromatic N) is 3. The van der Waals surface area contributed by atoms with E-state index in [0.717, 1.165) is 16.7 Å². The lowest BCUT2D eigenvalue weighted by Crippen LogP contribution is -2.65. The van der Waals surface area contributed by atoms with Crippen molar-refractivity contribution < 1.29 is 56.5 Å². The van der Waals surface area contributed by atoms with Gasteiger partial charge in [-0.25, -0.2) is 14.2 Å². The maximum atomic E-state index is 14.5. The third-order valence-electron chi connectivity index (χ3n) is 11.9. The maximum absolute atomic E-state index is 14.5. The molecule has 3 aromatic carbocycles. The van der Waals surface area contributed by atoms with Crippen molar-refractivity contribution in [3.8, 4) is 11.5 Å². The standard InChI is InChI=1S/C43H49N4O13PS2/c1-25-22-46-35-20-31(48)33(58-35)24-57-61(52,55-5)60-32-21-36(47-38(37(25)44-40(46)50)42(2,63-62-6)39(49)45-41(47)51)59-34(32)23-56-43(26-10-8-7-9-11-26,27-12-16-29(53-3)17-13-27)28-14-18-30(54-4)19-15-28/h7-19,22,31-36,38,48H,20-21,23-24H2,1-6H3,(H,45,49,51)/t31-,32-,33+,34+,35+,36+,38-,42+,61?/m0/s1. The highest BCUT2D eigenvalue weighted by atomic mass is 33.1. The molecule has 63 heavy (non-hydrogen) atoms. The Kier molecular flexibility index (Phi) is 13.2. The highest BCUT2D eigenvalue weighted by molar-refractivity contribution is 8.77. The van der Waals surface area contributed by atoms with E-state index >= 15 is 0 Å². The quantitative estimate of drug-likeness (QED) is 0.103. The van der Waals surface area contributed by atoms with Gasteiger partial charge < -0.3 is 28.8 Å². The van der Waals surface area contributed by atoms with Crippen LogP contribution in [0.4, 0.5) is 4.79 Å². The van der Waals surface area contributed by atoms with E-state index in [2.05, 4.69) is 10.3 Å². The number of fused-ring (bicyclic) bond motifs is 5. The summed E-state index contributed by atoms with van der Waals surface area (Å²) >= 11 is 0. The average molecular weight is 925 g/mol. The topological polar surface area (TPSA) is 195 Å². The summed E-state index contributed by atoms with van der Waals surface area (Å²) in [6.45, 7) is 2.75. The molecule has 0 spiro atoms. The van der Waals surface area contributed by atoms with Gasteiger partial charge in [-0.15, -0.1) is 0 Å². The van der Waals surface area contributed by atoms with Crippen molar-refractivity contribution in [2.45, 2.75) is 80.0 Å². The van der Waals surface area contributed by atoms with Gasteiger partial charge in [0.15, 0.2) is 0 Å². The first-order chi connectivity index (χ1) is 30.3. The van der Waals surface area contributed by atoms with Crippen LogP contribution in [0.25, 0.3) is 0 Å². The third kappa shape index (κ3) is 8.44. The van der Waals surface area contributed by atoms with E-state index in [1.165, 1.54) is 44.4 Å². The molecular weight excluding hydrogens is 876 g/mol. The molecule has 5 aliphatic heterocycles. The molecule has 3 amide bonds. The molecule has 0 saturated carbocycles. The molecule has 6 heterocycles. The van der Waals surface area contributed by atoms with Crippen molar-refractivity contribution in [2.75, 3.05) is 40.8 Å². The highest BCUT2D eigenvalue weighted by Crippen LogP contribution is 2.55. The molecule has 20 heteroatoms. The number of carbonyl (C=O) groups is 2. The smallest absolute Gasteiger partial charge is 0.474 e. The maximum Gasteiger partial charge on any atom is 0.474 e. The molecule has 0 radical (unpaired) electrons. The predicted molar refractivity (Wildman–Crippen MR) is 232 cm³/mol. The van der Waals surface area contributed by atoms with E-state index in [1.807, 2.05) is 78.9 Å². The summed E-state index contributed by atoms with van der Waals surface area (Å²) in [6.07, 6.45) is -3.28. The molecule has 0 aliphatic carbocycles. The van der Waals surface area contributed by atoms with Crippen molar-refractivity contribution in [1.29, 1.82) is 0 Å². The number of carbonyl (C=O) groups excluding carboxylic acids is 2. The number of nitrogens with one attached hydrogen (secondary N) is 1. The number of hydrogen-bond donors (Lipinski definition) is 2. The van der Waals surface area contributed by atoms with Crippen LogP contribution in [0, 0.1) is 6.92 Å². The highest BCUT2D eigenvalue weighted by Gasteiger charge is 2.58. The molecule has 9 rings (SSSR count). The van der Waals surface area contributed by atoms with Crippen LogP contribution in [-0.2, 0) is 42.7 Å². The van der Waals surface area contributed by atoms with E-state index in [0.29, 0.717) is 17.1 Å². The van der Waals surface area contributed by atoms with Crippen LogP contribution >= 0.6 is 29.4 Å². The zero-order valence-electron chi connectivity index (χ0n) is 35.4. The number of ether oxygens (including phenoxy) is 5. The average Bonchev–Trinajstić information content (AvgIpc) is 3.87. The lowest BCUT2D eigenvalue weighted by molar-refractivity contribution is -0.134. The zero-order chi connectivity index (χ0) is 44.7. The Morgan fingerprint density at radius 2 is 1.54 bits per heavy atom. The fourth-order valence-corrected chi connectivity index (χ4v) is 12.2. The fraction of sp³-hybridized carbons (Fsp3) is 0.442. The van der Waals surface area contributed by atoms with Crippen LogP contribution < -0.4 is 20.5 Å². The minimum absolute atomic E-state index is 0.00741. The van der Waals surface area contributed by atoms with Gasteiger partial charge in [-0.3, -0.25) is 33.1 Å². The van der Waals surface area contributed by atoms with Crippen molar-refractivity contribution in [1.82, 2.24) is 19.8 Å². The second kappa shape index (κ2) is 18.3. The van der Waals surface area contributed by atoms with E-state index in [1.54, 1.807) is 34.3 Å². The number of urea groups is 1. The van der Waals surface area contributed by atoms with Crippen molar-refractivity contribution in [3.05, 3.63) is 123 Å². The Balaban J connectivity index is 1.27. The van der Waals surface area contributed by atoms with Crippen molar-refractivity contribution in [2.24, 2.45) is 0 Å². The van der Waals surface area contributed by atoms with Gasteiger partial charge in [0.1, 0.15) is 58.7 Å². The number of rotatable bonds is 11. The molecule has 336 valence electrons. The summed E-state index contributed by atoms with van der Waals surface area (Å²) in [5.41, 5.74) is 0.814. The summed E-state index contributed by atoms with van der Waals surface area (Å²) < 4.78 is 63.0. The zero-order valence-corrected chi connectivity index (χ0v) is 37.9. The first kappa shape index (κ1) is 45.3. The second-order valence-electron chi connectivity index (χ2n) is 15.6. The van der Waals surface area contributed by atoms with Crippen LogP contribution in [-0.4, -0.2) is 108 Å². The second-order valence-corrected chi connectivity index (χ2v) is 20.2. The van der Waals surface area contributed by atoms with E-state index in [4.69, 9.17) is 37.3 Å². The number of phosphoric acid groups is 1. The van der Waals surface area contributed by atoms with Crippen molar-refractivity contribution in [3.63, 3.8) is 0 Å². The lowest BCUT2D eigenvalue weighted by Gasteiger charge is -2.47. The number of benzene rings is 3. The molecule has 1 aromatic heterocycles. The van der Waals surface area contributed by atoms with Crippen LogP contribution in [0.15, 0.2) is 89.9 Å². The van der Waals surface area contributed by atoms with Crippen molar-refractivity contribution >= 4 is 41.3 Å². The van der Waals surface area contributed by atoms with Gasteiger partial charge in [0, 0.05) is 26.1 Å². The molecule has 1 unspecified atom stereocenters. The normalized spacial score (nSPS) is 29.6. The van der Waals surface area contributed by atoms with Crippen LogP contribution in [0.2, 0.25) is 0 Å². The van der Waals surface area contributed by atoms with Gasteiger partial charge in [-0.2, -0.15) is 4.98 Å². The number of aromatic nitrogens is 2. The number of methoxy groups -OCH3 is 2. The van der Waals surface area contributed by atoms with Crippen LogP contribution in [0.3, 0.4) is 0 Å². The molecule has 6 bridgehead atoms. The van der Waals surface area contributed by atoms with E-state index < -0.39 is 85.3 Å². The Labute approximate surface area is 372 Å². The summed E-state index contributed by atoms with van der Waals surface area (Å²) in [6, 6.07) is 22.6. The monoisotopic (exact) mass is 924 g/mol. The molecule has 4 aromatic rings.